The lowest BCUT2D eigenvalue weighted by atomic mass is 10.1. The molecule has 1 atom stereocenters. The molecule has 0 aliphatic heterocycles. The number of hydrogen-bond donors (Lipinski definition) is 2. The molecule has 1 aromatic heterocycles. The number of hydrogen-bond acceptors (Lipinski definition) is 6. The lowest BCUT2D eigenvalue weighted by Gasteiger charge is -2.13. The van der Waals surface area contributed by atoms with Gasteiger partial charge in [0.05, 0.1) is 12.8 Å². The van der Waals surface area contributed by atoms with Gasteiger partial charge in [0.25, 0.3) is 0 Å². The van der Waals surface area contributed by atoms with Gasteiger partial charge in [-0.05, 0) is 67.6 Å². The van der Waals surface area contributed by atoms with Gasteiger partial charge < -0.3 is 9.84 Å². The number of aromatic nitrogens is 3. The van der Waals surface area contributed by atoms with E-state index in [1.165, 1.54) is 11.1 Å². The number of benzene rings is 3. The van der Waals surface area contributed by atoms with Crippen molar-refractivity contribution in [3.8, 4) is 11.4 Å². The quantitative estimate of drug-likeness (QED) is 0.118. The van der Waals surface area contributed by atoms with Crippen LogP contribution < -0.4 is 10.1 Å². The van der Waals surface area contributed by atoms with E-state index in [2.05, 4.69) is 51.3 Å². The van der Waals surface area contributed by atoms with Crippen molar-refractivity contribution in [1.82, 2.24) is 20.1 Å². The Labute approximate surface area is 228 Å². The zero-order valence-corrected chi connectivity index (χ0v) is 22.8. The van der Waals surface area contributed by atoms with E-state index in [1.807, 2.05) is 48.5 Å². The highest BCUT2D eigenvalue weighted by atomic mass is 35.5. The van der Waals surface area contributed by atoms with E-state index in [9.17, 15) is 5.11 Å². The number of methoxy groups -OCH3 is 1. The standard InChI is InChI=1S/C29H33ClN4O2S/c1-21-10-12-23(13-11-21)20-37-29-33-32-27(34(29)25-7-5-6-24(30)18-25)8-3-4-9-28(35)31-19-22-14-16-26(36-2)17-15-22/h5-7,10-18,28,31,35H,3-4,8-9,19-20H2,1-2H3. The predicted octanol–water partition coefficient (Wildman–Crippen LogP) is 6.35. The third-order valence-electron chi connectivity index (χ3n) is 6.08. The van der Waals surface area contributed by atoms with Crippen molar-refractivity contribution in [1.29, 1.82) is 0 Å². The molecule has 0 bridgehead atoms. The van der Waals surface area contributed by atoms with E-state index in [0.717, 1.165) is 53.0 Å². The number of thioether (sulfide) groups is 1. The van der Waals surface area contributed by atoms with Crippen molar-refractivity contribution in [2.45, 2.75) is 56.3 Å². The summed E-state index contributed by atoms with van der Waals surface area (Å²) in [4.78, 5) is 0. The van der Waals surface area contributed by atoms with Crippen molar-refractivity contribution in [2.24, 2.45) is 0 Å². The Balaban J connectivity index is 1.33. The molecule has 37 heavy (non-hydrogen) atoms. The number of aliphatic hydroxyl groups excluding tert-OH is 1. The number of rotatable bonds is 13. The zero-order chi connectivity index (χ0) is 26.0. The first-order chi connectivity index (χ1) is 18.0. The molecule has 6 nitrogen and oxygen atoms in total. The predicted molar refractivity (Wildman–Crippen MR) is 151 cm³/mol. The molecule has 0 saturated heterocycles. The summed E-state index contributed by atoms with van der Waals surface area (Å²) in [6.07, 6.45) is 2.62. The Kier molecular flexibility index (Phi) is 10.0. The summed E-state index contributed by atoms with van der Waals surface area (Å²) in [6.45, 7) is 2.70. The highest BCUT2D eigenvalue weighted by molar-refractivity contribution is 7.98. The van der Waals surface area contributed by atoms with Gasteiger partial charge >= 0.3 is 0 Å². The maximum absolute atomic E-state index is 10.4. The van der Waals surface area contributed by atoms with Crippen molar-refractivity contribution in [2.75, 3.05) is 7.11 Å². The van der Waals surface area contributed by atoms with Crippen molar-refractivity contribution in [3.05, 3.63) is 100 Å². The largest absolute Gasteiger partial charge is 0.497 e. The highest BCUT2D eigenvalue weighted by Crippen LogP contribution is 2.27. The Hall–Kier alpha value is -2.84. The van der Waals surface area contributed by atoms with Crippen LogP contribution in [0.4, 0.5) is 0 Å². The number of nitrogens with one attached hydrogen (secondary N) is 1. The minimum atomic E-state index is -0.562. The van der Waals surface area contributed by atoms with E-state index in [-0.39, 0.29) is 0 Å². The Morgan fingerprint density at radius 1 is 1.00 bits per heavy atom. The van der Waals surface area contributed by atoms with E-state index in [1.54, 1.807) is 18.9 Å². The summed E-state index contributed by atoms with van der Waals surface area (Å²) >= 11 is 7.97. The zero-order valence-electron chi connectivity index (χ0n) is 21.2. The fourth-order valence-corrected chi connectivity index (χ4v) is 5.08. The van der Waals surface area contributed by atoms with E-state index < -0.39 is 6.23 Å². The maximum Gasteiger partial charge on any atom is 0.196 e. The molecule has 8 heteroatoms. The first kappa shape index (κ1) is 27.2. The molecular formula is C29H33ClN4O2S. The minimum absolute atomic E-state index is 0.562. The van der Waals surface area contributed by atoms with E-state index in [4.69, 9.17) is 16.3 Å². The molecule has 0 amide bonds. The fraction of sp³-hybridized carbons (Fsp3) is 0.310. The first-order valence-electron chi connectivity index (χ1n) is 12.4. The molecule has 2 N–H and O–H groups in total. The van der Waals surface area contributed by atoms with Gasteiger partial charge in [-0.2, -0.15) is 0 Å². The van der Waals surface area contributed by atoms with Crippen LogP contribution in [0.5, 0.6) is 5.75 Å². The molecule has 3 aromatic carbocycles. The fourth-order valence-electron chi connectivity index (χ4n) is 3.96. The number of unbranched alkanes of at least 4 members (excludes halogenated alkanes) is 1. The van der Waals surface area contributed by atoms with Gasteiger partial charge in [0.15, 0.2) is 5.16 Å². The molecule has 0 spiro atoms. The smallest absolute Gasteiger partial charge is 0.196 e. The monoisotopic (exact) mass is 536 g/mol. The summed E-state index contributed by atoms with van der Waals surface area (Å²) in [7, 11) is 1.65. The lowest BCUT2D eigenvalue weighted by Crippen LogP contribution is -2.28. The molecule has 1 unspecified atom stereocenters. The van der Waals surface area contributed by atoms with Gasteiger partial charge in [-0.1, -0.05) is 71.4 Å². The molecule has 0 saturated carbocycles. The van der Waals surface area contributed by atoms with Crippen LogP contribution in [0.25, 0.3) is 5.69 Å². The van der Waals surface area contributed by atoms with Crippen LogP contribution in [0.3, 0.4) is 0 Å². The third-order valence-corrected chi connectivity index (χ3v) is 7.32. The number of nitrogens with zero attached hydrogens (tertiary/aromatic N) is 3. The van der Waals surface area contributed by atoms with Gasteiger partial charge in [-0.3, -0.25) is 9.88 Å². The number of aryl methyl sites for hydroxylation is 2. The van der Waals surface area contributed by atoms with Gasteiger partial charge in [0.1, 0.15) is 17.8 Å². The van der Waals surface area contributed by atoms with Gasteiger partial charge in [0, 0.05) is 23.7 Å². The normalized spacial score (nSPS) is 12.0. The maximum atomic E-state index is 10.4. The average Bonchev–Trinajstić information content (AvgIpc) is 3.32. The molecule has 4 rings (SSSR count). The number of aliphatic hydroxyl groups is 1. The average molecular weight is 537 g/mol. The summed E-state index contributed by atoms with van der Waals surface area (Å²) in [6, 6.07) is 24.2. The van der Waals surface area contributed by atoms with Crippen LogP contribution in [0, 0.1) is 6.92 Å². The van der Waals surface area contributed by atoms with Crippen LogP contribution >= 0.6 is 23.4 Å². The topological polar surface area (TPSA) is 72.2 Å². The van der Waals surface area contributed by atoms with Gasteiger partial charge in [0.2, 0.25) is 0 Å². The van der Waals surface area contributed by atoms with Crippen LogP contribution in [-0.2, 0) is 18.7 Å². The molecule has 0 radical (unpaired) electrons. The van der Waals surface area contributed by atoms with Crippen LogP contribution in [0.1, 0.15) is 41.8 Å². The molecule has 0 fully saturated rings. The van der Waals surface area contributed by atoms with E-state index >= 15 is 0 Å². The molecule has 194 valence electrons. The first-order valence-corrected chi connectivity index (χ1v) is 13.8. The summed E-state index contributed by atoms with van der Waals surface area (Å²) in [5, 5.41) is 24.1. The Bertz CT molecular complexity index is 1260. The van der Waals surface area contributed by atoms with Crippen LogP contribution in [0.2, 0.25) is 5.02 Å². The number of halogens is 1. The Morgan fingerprint density at radius 2 is 1.76 bits per heavy atom. The van der Waals surface area contributed by atoms with Crippen molar-refractivity contribution < 1.29 is 9.84 Å². The molecular weight excluding hydrogens is 504 g/mol. The van der Waals surface area contributed by atoms with Crippen LogP contribution in [0.15, 0.2) is 78.0 Å². The second-order valence-electron chi connectivity index (χ2n) is 8.98. The molecule has 4 aromatic rings. The second-order valence-corrected chi connectivity index (χ2v) is 10.4. The summed E-state index contributed by atoms with van der Waals surface area (Å²) in [5.41, 5.74) is 4.55. The Morgan fingerprint density at radius 3 is 2.49 bits per heavy atom. The van der Waals surface area contributed by atoms with Crippen molar-refractivity contribution >= 4 is 23.4 Å². The molecule has 0 aliphatic rings. The second kappa shape index (κ2) is 13.6. The van der Waals surface area contributed by atoms with Crippen molar-refractivity contribution in [3.63, 3.8) is 0 Å². The molecule has 1 heterocycles. The van der Waals surface area contributed by atoms with Gasteiger partial charge in [-0.15, -0.1) is 10.2 Å². The number of ether oxygens (including phenoxy) is 1. The van der Waals surface area contributed by atoms with E-state index in [0.29, 0.717) is 18.0 Å². The highest BCUT2D eigenvalue weighted by Gasteiger charge is 2.15. The summed E-state index contributed by atoms with van der Waals surface area (Å²) < 4.78 is 7.29. The van der Waals surface area contributed by atoms with Gasteiger partial charge in [-0.25, -0.2) is 0 Å². The lowest BCUT2D eigenvalue weighted by molar-refractivity contribution is 0.122. The molecule has 0 aliphatic carbocycles. The van der Waals surface area contributed by atoms with Crippen LogP contribution in [-0.4, -0.2) is 33.2 Å². The third kappa shape index (κ3) is 8.07. The summed E-state index contributed by atoms with van der Waals surface area (Å²) in [5.74, 6) is 2.53. The minimum Gasteiger partial charge on any atom is -0.497 e. The SMILES string of the molecule is COc1ccc(CNC(O)CCCCc2nnc(SCc3ccc(C)cc3)n2-c2cccc(Cl)c2)cc1.